The average molecular weight is 448 g/mol. The van der Waals surface area contributed by atoms with Gasteiger partial charge in [0.05, 0.1) is 11.4 Å². The number of hydrogen-bond acceptors (Lipinski definition) is 9. The summed E-state index contributed by atoms with van der Waals surface area (Å²) in [5, 5.41) is 19.5. The molecule has 0 amide bonds. The van der Waals surface area contributed by atoms with Crippen LogP contribution in [0.2, 0.25) is 5.02 Å². The number of halogens is 2. The Morgan fingerprint density at radius 3 is 2.69 bits per heavy atom. The van der Waals surface area contributed by atoms with E-state index >= 15 is 0 Å². The monoisotopic (exact) mass is 447 g/mol. The standard InChI is InChI=1S/C18H11ClFN5O2S2/c19-11-7-5-10(6-8-11)15-22-23-16(27-15)14(26)9-28-18-25-24-17(29-18)21-13-4-2-1-3-12(13)20/h1-8H,9H2,(H,21,24). The van der Waals surface area contributed by atoms with Gasteiger partial charge in [-0.3, -0.25) is 4.79 Å². The van der Waals surface area contributed by atoms with Gasteiger partial charge < -0.3 is 9.73 Å². The minimum absolute atomic E-state index is 0.0522. The van der Waals surface area contributed by atoms with Crippen molar-refractivity contribution in [3.05, 3.63) is 65.3 Å². The lowest BCUT2D eigenvalue weighted by atomic mass is 10.2. The fourth-order valence-corrected chi connectivity index (χ4v) is 3.97. The van der Waals surface area contributed by atoms with Crippen LogP contribution in [0.1, 0.15) is 10.7 Å². The van der Waals surface area contributed by atoms with Crippen molar-refractivity contribution < 1.29 is 13.6 Å². The molecule has 0 saturated carbocycles. The molecule has 2 aromatic carbocycles. The summed E-state index contributed by atoms with van der Waals surface area (Å²) in [4.78, 5) is 12.3. The average Bonchev–Trinajstić information content (AvgIpc) is 3.38. The Hall–Kier alpha value is -2.82. The van der Waals surface area contributed by atoms with Gasteiger partial charge in [0.15, 0.2) is 4.34 Å². The highest BCUT2D eigenvalue weighted by atomic mass is 35.5. The zero-order valence-corrected chi connectivity index (χ0v) is 16.9. The molecule has 0 aliphatic carbocycles. The lowest BCUT2D eigenvalue weighted by molar-refractivity contribution is 0.0986. The number of hydrogen-bond donors (Lipinski definition) is 1. The molecule has 146 valence electrons. The van der Waals surface area contributed by atoms with E-state index < -0.39 is 0 Å². The summed E-state index contributed by atoms with van der Waals surface area (Å²) in [5.74, 6) is -0.517. The van der Waals surface area contributed by atoms with Gasteiger partial charge in [0.1, 0.15) is 5.82 Å². The van der Waals surface area contributed by atoms with Crippen LogP contribution in [0, 0.1) is 5.82 Å². The van der Waals surface area contributed by atoms with Gasteiger partial charge in [-0.15, -0.1) is 20.4 Å². The Balaban J connectivity index is 1.36. The molecule has 0 fully saturated rings. The van der Waals surface area contributed by atoms with Crippen LogP contribution in [-0.4, -0.2) is 31.9 Å². The van der Waals surface area contributed by atoms with Gasteiger partial charge in [0.2, 0.25) is 16.8 Å². The lowest BCUT2D eigenvalue weighted by Gasteiger charge is -2.01. The van der Waals surface area contributed by atoms with Crippen LogP contribution in [0.25, 0.3) is 11.5 Å². The fraction of sp³-hybridized carbons (Fsp3) is 0.0556. The molecular weight excluding hydrogens is 437 g/mol. The molecule has 1 N–H and O–H groups in total. The summed E-state index contributed by atoms with van der Waals surface area (Å²) in [6.45, 7) is 0. The highest BCUT2D eigenvalue weighted by Crippen LogP contribution is 2.29. The molecule has 0 spiro atoms. The number of thioether (sulfide) groups is 1. The maximum atomic E-state index is 13.7. The van der Waals surface area contributed by atoms with Gasteiger partial charge in [-0.2, -0.15) is 0 Å². The first-order valence-corrected chi connectivity index (χ1v) is 10.4. The van der Waals surface area contributed by atoms with E-state index in [0.717, 1.165) is 0 Å². The molecule has 0 unspecified atom stereocenters. The van der Waals surface area contributed by atoms with Crippen molar-refractivity contribution in [3.8, 4) is 11.5 Å². The molecule has 0 aliphatic heterocycles. The Bertz CT molecular complexity index is 1150. The Labute approximate surface area is 177 Å². The molecule has 2 aromatic heterocycles. The predicted octanol–water partition coefficient (Wildman–Crippen LogP) is 5.10. The summed E-state index contributed by atoms with van der Waals surface area (Å²) >= 11 is 8.24. The number of para-hydroxylation sites is 1. The van der Waals surface area contributed by atoms with Crippen molar-refractivity contribution in [2.75, 3.05) is 11.1 Å². The second kappa shape index (κ2) is 8.68. The summed E-state index contributed by atoms with van der Waals surface area (Å²) in [7, 11) is 0. The number of carbonyl (C=O) groups is 1. The fourth-order valence-electron chi connectivity index (χ4n) is 2.23. The van der Waals surface area contributed by atoms with Gasteiger partial charge in [-0.25, -0.2) is 4.39 Å². The van der Waals surface area contributed by atoms with Crippen LogP contribution in [0.5, 0.6) is 0 Å². The Morgan fingerprint density at radius 2 is 1.90 bits per heavy atom. The number of anilines is 2. The maximum absolute atomic E-state index is 13.7. The first-order chi connectivity index (χ1) is 14.1. The molecular formula is C18H11ClFN5O2S2. The Morgan fingerprint density at radius 1 is 1.10 bits per heavy atom. The zero-order valence-electron chi connectivity index (χ0n) is 14.5. The van der Waals surface area contributed by atoms with Crippen LogP contribution in [0.4, 0.5) is 15.2 Å². The van der Waals surface area contributed by atoms with Crippen LogP contribution in [0.15, 0.2) is 57.3 Å². The SMILES string of the molecule is O=C(CSc1nnc(Nc2ccccc2F)s1)c1nnc(-c2ccc(Cl)cc2)o1. The summed E-state index contributed by atoms with van der Waals surface area (Å²) in [6.07, 6.45) is 0. The van der Waals surface area contributed by atoms with E-state index in [4.69, 9.17) is 16.0 Å². The second-order valence-electron chi connectivity index (χ2n) is 5.61. The van der Waals surface area contributed by atoms with Gasteiger partial charge in [0.25, 0.3) is 5.89 Å². The number of aromatic nitrogens is 4. The van der Waals surface area contributed by atoms with Crippen molar-refractivity contribution in [2.24, 2.45) is 0 Å². The highest BCUT2D eigenvalue weighted by Gasteiger charge is 2.17. The third kappa shape index (κ3) is 4.78. The van der Waals surface area contributed by atoms with Crippen molar-refractivity contribution in [2.45, 2.75) is 4.34 Å². The third-order valence-corrected chi connectivity index (χ3v) is 5.83. The number of Topliss-reactive ketones (excluding diaryl/α,β-unsaturated/α-hetero) is 1. The van der Waals surface area contributed by atoms with Crippen LogP contribution < -0.4 is 5.32 Å². The number of benzene rings is 2. The number of rotatable bonds is 7. The molecule has 11 heteroatoms. The van der Waals surface area contributed by atoms with E-state index in [-0.39, 0.29) is 29.1 Å². The van der Waals surface area contributed by atoms with Gasteiger partial charge in [-0.1, -0.05) is 46.8 Å². The number of nitrogens with one attached hydrogen (secondary N) is 1. The molecule has 0 bridgehead atoms. The largest absolute Gasteiger partial charge is 0.414 e. The number of ketones is 1. The molecule has 0 atom stereocenters. The molecule has 0 saturated heterocycles. The van der Waals surface area contributed by atoms with Gasteiger partial charge >= 0.3 is 0 Å². The summed E-state index contributed by atoms with van der Waals surface area (Å²) in [5.41, 5.74) is 0.971. The highest BCUT2D eigenvalue weighted by molar-refractivity contribution is 8.01. The minimum atomic E-state index is -0.389. The first kappa shape index (κ1) is 19.5. The smallest absolute Gasteiger partial charge is 0.285 e. The molecule has 0 aliphatic rings. The third-order valence-electron chi connectivity index (χ3n) is 3.60. The molecule has 4 aromatic rings. The zero-order chi connectivity index (χ0) is 20.2. The van der Waals surface area contributed by atoms with E-state index in [1.54, 1.807) is 42.5 Å². The number of nitrogens with zero attached hydrogens (tertiary/aromatic N) is 4. The minimum Gasteiger partial charge on any atom is -0.414 e. The Kier molecular flexibility index (Phi) is 5.84. The van der Waals surface area contributed by atoms with Crippen molar-refractivity contribution >= 4 is 51.3 Å². The quantitative estimate of drug-likeness (QED) is 0.309. The molecule has 0 radical (unpaired) electrons. The topological polar surface area (TPSA) is 93.8 Å². The molecule has 29 heavy (non-hydrogen) atoms. The molecule has 4 rings (SSSR count). The van der Waals surface area contributed by atoms with E-state index in [1.807, 2.05) is 0 Å². The van der Waals surface area contributed by atoms with Crippen LogP contribution in [0.3, 0.4) is 0 Å². The van der Waals surface area contributed by atoms with Crippen molar-refractivity contribution in [1.29, 1.82) is 0 Å². The lowest BCUT2D eigenvalue weighted by Crippen LogP contribution is -2.02. The van der Waals surface area contributed by atoms with Crippen molar-refractivity contribution in [3.63, 3.8) is 0 Å². The van der Waals surface area contributed by atoms with E-state index in [2.05, 4.69) is 25.7 Å². The van der Waals surface area contributed by atoms with E-state index in [0.29, 0.717) is 25.7 Å². The maximum Gasteiger partial charge on any atom is 0.285 e. The normalized spacial score (nSPS) is 10.8. The van der Waals surface area contributed by atoms with Crippen LogP contribution >= 0.6 is 34.7 Å². The molecule has 2 heterocycles. The van der Waals surface area contributed by atoms with E-state index in [9.17, 15) is 9.18 Å². The first-order valence-electron chi connectivity index (χ1n) is 8.19. The number of carbonyl (C=O) groups excluding carboxylic acids is 1. The van der Waals surface area contributed by atoms with Gasteiger partial charge in [0, 0.05) is 10.6 Å². The predicted molar refractivity (Wildman–Crippen MR) is 109 cm³/mol. The summed E-state index contributed by atoms with van der Waals surface area (Å²) < 4.78 is 19.7. The van der Waals surface area contributed by atoms with Crippen molar-refractivity contribution in [1.82, 2.24) is 20.4 Å². The van der Waals surface area contributed by atoms with Gasteiger partial charge in [-0.05, 0) is 36.4 Å². The second-order valence-corrected chi connectivity index (χ2v) is 8.25. The molecule has 7 nitrogen and oxygen atoms in total. The van der Waals surface area contributed by atoms with Crippen LogP contribution in [-0.2, 0) is 0 Å². The summed E-state index contributed by atoms with van der Waals surface area (Å²) in [6, 6.07) is 13.1. The van der Waals surface area contributed by atoms with E-state index in [1.165, 1.54) is 29.2 Å².